The van der Waals surface area contributed by atoms with Crippen LogP contribution in [0.1, 0.15) is 16.2 Å². The van der Waals surface area contributed by atoms with Gasteiger partial charge in [0.05, 0.1) is 17.0 Å². The van der Waals surface area contributed by atoms with Crippen LogP contribution in [0, 0.1) is 0 Å². The summed E-state index contributed by atoms with van der Waals surface area (Å²) < 4.78 is 23.5. The van der Waals surface area contributed by atoms with Gasteiger partial charge in [0.1, 0.15) is 10.5 Å². The van der Waals surface area contributed by atoms with Crippen LogP contribution < -0.4 is 5.56 Å². The van der Waals surface area contributed by atoms with Crippen molar-refractivity contribution in [2.45, 2.75) is 11.4 Å². The predicted molar refractivity (Wildman–Crippen MR) is 95.6 cm³/mol. The molecule has 0 radical (unpaired) electrons. The molecule has 0 aliphatic rings. The molecule has 1 N–H and O–H groups in total. The van der Waals surface area contributed by atoms with Crippen LogP contribution in [0.4, 0.5) is 0 Å². The van der Waals surface area contributed by atoms with E-state index in [0.717, 1.165) is 6.26 Å². The minimum absolute atomic E-state index is 0.133. The van der Waals surface area contributed by atoms with Gasteiger partial charge in [-0.3, -0.25) is 9.59 Å². The number of amides is 1. The molecule has 130 valence electrons. The highest BCUT2D eigenvalue weighted by molar-refractivity contribution is 7.90. The fourth-order valence-corrected chi connectivity index (χ4v) is 3.71. The van der Waals surface area contributed by atoms with Gasteiger partial charge in [0.2, 0.25) is 0 Å². The molecule has 0 atom stereocenters. The van der Waals surface area contributed by atoms with Crippen molar-refractivity contribution in [1.82, 2.24) is 14.9 Å². The van der Waals surface area contributed by atoms with E-state index in [1.807, 2.05) is 0 Å². The lowest BCUT2D eigenvalue weighted by atomic mass is 10.2. The van der Waals surface area contributed by atoms with Crippen LogP contribution in [0.5, 0.6) is 0 Å². The van der Waals surface area contributed by atoms with Crippen LogP contribution in [-0.2, 0) is 16.4 Å². The number of hydrogen-bond donors (Lipinski definition) is 1. The maximum atomic E-state index is 12.5. The summed E-state index contributed by atoms with van der Waals surface area (Å²) >= 11 is 1.31. The molecule has 3 rings (SSSR count). The Morgan fingerprint density at radius 2 is 1.92 bits per heavy atom. The summed E-state index contributed by atoms with van der Waals surface area (Å²) in [6, 6.07) is 7.48. The Kier molecular flexibility index (Phi) is 4.44. The highest BCUT2D eigenvalue weighted by Crippen LogP contribution is 2.15. The smallest absolute Gasteiger partial charge is 0.268 e. The van der Waals surface area contributed by atoms with E-state index in [0.29, 0.717) is 21.6 Å². The molecular weight excluding hydrogens is 362 g/mol. The topological polar surface area (TPSA) is 100 Å². The second-order valence-corrected chi connectivity index (χ2v) is 8.54. The first-order valence-corrected chi connectivity index (χ1v) is 10.0. The Hall–Kier alpha value is -2.52. The summed E-state index contributed by atoms with van der Waals surface area (Å²) in [6.45, 7) is 0.133. The van der Waals surface area contributed by atoms with E-state index in [1.54, 1.807) is 18.5 Å². The normalized spacial score (nSPS) is 11.6. The zero-order chi connectivity index (χ0) is 18.2. The van der Waals surface area contributed by atoms with E-state index >= 15 is 0 Å². The summed E-state index contributed by atoms with van der Waals surface area (Å²) in [7, 11) is -1.72. The van der Waals surface area contributed by atoms with Gasteiger partial charge in [-0.05, 0) is 35.7 Å². The van der Waals surface area contributed by atoms with Crippen molar-refractivity contribution < 1.29 is 13.2 Å². The molecular formula is C16H15N3O4S2. The van der Waals surface area contributed by atoms with Gasteiger partial charge < -0.3 is 9.88 Å². The summed E-state index contributed by atoms with van der Waals surface area (Å²) in [4.78, 5) is 33.0. The van der Waals surface area contributed by atoms with Crippen molar-refractivity contribution in [1.29, 1.82) is 0 Å². The van der Waals surface area contributed by atoms with Crippen molar-refractivity contribution >= 4 is 37.3 Å². The number of H-pyrrole nitrogens is 1. The minimum atomic E-state index is -3.31. The number of sulfone groups is 1. The average molecular weight is 377 g/mol. The van der Waals surface area contributed by atoms with Gasteiger partial charge in [0.25, 0.3) is 11.5 Å². The Morgan fingerprint density at radius 3 is 2.56 bits per heavy atom. The van der Waals surface area contributed by atoms with Crippen molar-refractivity contribution in [3.63, 3.8) is 0 Å². The van der Waals surface area contributed by atoms with Gasteiger partial charge in [-0.15, -0.1) is 11.3 Å². The van der Waals surface area contributed by atoms with Gasteiger partial charge in [-0.1, -0.05) is 0 Å². The summed E-state index contributed by atoms with van der Waals surface area (Å²) in [6.07, 6.45) is 1.11. The summed E-state index contributed by atoms with van der Waals surface area (Å²) in [5.41, 5.74) is 0.726. The fourth-order valence-electron chi connectivity index (χ4n) is 2.36. The SMILES string of the molecule is CN(Cc1nc2ccsc2c(=O)[nH]1)C(=O)c1ccc(S(C)(=O)=O)cc1. The second-order valence-electron chi connectivity index (χ2n) is 5.61. The molecule has 9 heteroatoms. The quantitative estimate of drug-likeness (QED) is 0.745. The van der Waals surface area contributed by atoms with E-state index < -0.39 is 9.84 Å². The number of aromatic amines is 1. The van der Waals surface area contributed by atoms with Gasteiger partial charge in [0.15, 0.2) is 9.84 Å². The highest BCUT2D eigenvalue weighted by atomic mass is 32.2. The molecule has 0 saturated heterocycles. The van der Waals surface area contributed by atoms with Crippen LogP contribution >= 0.6 is 11.3 Å². The van der Waals surface area contributed by atoms with Crippen molar-refractivity contribution in [3.8, 4) is 0 Å². The largest absolute Gasteiger partial charge is 0.334 e. The summed E-state index contributed by atoms with van der Waals surface area (Å²) in [5, 5.41) is 1.79. The number of nitrogens with zero attached hydrogens (tertiary/aromatic N) is 2. The van der Waals surface area contributed by atoms with Crippen molar-refractivity contribution in [2.24, 2.45) is 0 Å². The van der Waals surface area contributed by atoms with Crippen molar-refractivity contribution in [2.75, 3.05) is 13.3 Å². The van der Waals surface area contributed by atoms with Gasteiger partial charge in [-0.25, -0.2) is 13.4 Å². The molecule has 0 unspecified atom stereocenters. The first-order chi connectivity index (χ1) is 11.8. The third-order valence-corrected chi connectivity index (χ3v) is 5.66. The third-order valence-electron chi connectivity index (χ3n) is 3.63. The minimum Gasteiger partial charge on any atom is -0.334 e. The Labute approximate surface area is 147 Å². The number of fused-ring (bicyclic) bond motifs is 1. The molecule has 2 aromatic heterocycles. The Morgan fingerprint density at radius 1 is 1.24 bits per heavy atom. The molecule has 0 spiro atoms. The summed E-state index contributed by atoms with van der Waals surface area (Å²) in [5.74, 6) is 0.0904. The molecule has 2 heterocycles. The van der Waals surface area contributed by atoms with E-state index in [1.165, 1.54) is 40.5 Å². The molecule has 1 amide bonds. The van der Waals surface area contributed by atoms with Crippen LogP contribution in [0.15, 0.2) is 45.4 Å². The number of hydrogen-bond acceptors (Lipinski definition) is 6. The highest BCUT2D eigenvalue weighted by Gasteiger charge is 2.15. The van der Waals surface area contributed by atoms with Gasteiger partial charge in [-0.2, -0.15) is 0 Å². The Balaban J connectivity index is 1.81. The van der Waals surface area contributed by atoms with E-state index in [2.05, 4.69) is 9.97 Å². The molecule has 1 aromatic carbocycles. The molecule has 0 aliphatic carbocycles. The second kappa shape index (κ2) is 6.41. The van der Waals surface area contributed by atoms with E-state index in [-0.39, 0.29) is 22.9 Å². The lowest BCUT2D eigenvalue weighted by Crippen LogP contribution is -2.28. The average Bonchev–Trinajstić information content (AvgIpc) is 3.02. The van der Waals surface area contributed by atoms with Crippen molar-refractivity contribution in [3.05, 3.63) is 57.5 Å². The van der Waals surface area contributed by atoms with Gasteiger partial charge in [0, 0.05) is 18.9 Å². The number of carbonyl (C=O) groups excluding carboxylic acids is 1. The number of thiophene rings is 1. The monoisotopic (exact) mass is 377 g/mol. The number of benzene rings is 1. The predicted octanol–water partition coefficient (Wildman–Crippen LogP) is 1.66. The number of carbonyl (C=O) groups is 1. The van der Waals surface area contributed by atoms with Crippen LogP contribution in [0.2, 0.25) is 0 Å². The fraction of sp³-hybridized carbons (Fsp3) is 0.188. The number of nitrogens with one attached hydrogen (secondary N) is 1. The molecule has 25 heavy (non-hydrogen) atoms. The zero-order valence-corrected chi connectivity index (χ0v) is 15.1. The maximum absolute atomic E-state index is 12.5. The molecule has 0 fully saturated rings. The first-order valence-electron chi connectivity index (χ1n) is 7.27. The van der Waals surface area contributed by atoms with E-state index in [9.17, 15) is 18.0 Å². The number of aromatic nitrogens is 2. The molecule has 0 aliphatic heterocycles. The van der Waals surface area contributed by atoms with Crippen LogP contribution in [0.25, 0.3) is 10.2 Å². The lowest BCUT2D eigenvalue weighted by molar-refractivity contribution is 0.0781. The lowest BCUT2D eigenvalue weighted by Gasteiger charge is -2.16. The zero-order valence-electron chi connectivity index (χ0n) is 13.5. The number of rotatable bonds is 4. The molecule has 0 bridgehead atoms. The van der Waals surface area contributed by atoms with Crippen LogP contribution in [0.3, 0.4) is 0 Å². The first kappa shape index (κ1) is 17.3. The molecule has 0 saturated carbocycles. The third kappa shape index (κ3) is 3.62. The van der Waals surface area contributed by atoms with E-state index in [4.69, 9.17) is 0 Å². The molecule has 7 nitrogen and oxygen atoms in total. The Bertz CT molecular complexity index is 1100. The maximum Gasteiger partial charge on any atom is 0.268 e. The van der Waals surface area contributed by atoms with Gasteiger partial charge >= 0.3 is 0 Å². The molecule has 3 aromatic rings. The standard InChI is InChI=1S/C16H15N3O4S2/c1-19(9-13-17-12-7-8-24-14(12)15(20)18-13)16(21)10-3-5-11(6-4-10)25(2,22)23/h3-8H,9H2,1-2H3,(H,17,18,20). The van der Waals surface area contributed by atoms with Crippen LogP contribution in [-0.4, -0.2) is 42.5 Å².